The fourth-order valence-corrected chi connectivity index (χ4v) is 3.05. The van der Waals surface area contributed by atoms with Gasteiger partial charge in [0.05, 0.1) is 6.42 Å². The summed E-state index contributed by atoms with van der Waals surface area (Å²) < 4.78 is 5.19. The van der Waals surface area contributed by atoms with Gasteiger partial charge in [-0.2, -0.15) is 0 Å². The Bertz CT molecular complexity index is 834. The predicted octanol–water partition coefficient (Wildman–Crippen LogP) is 1.58. The molecule has 1 aromatic carbocycles. The number of alkyl carbamates (subject to hydrolysis) is 1. The van der Waals surface area contributed by atoms with Gasteiger partial charge in [0.1, 0.15) is 23.4 Å². The fraction of sp³-hybridized carbons (Fsp3) is 0.545. The molecule has 0 saturated heterocycles. The molecular weight excluding hydrogens is 416 g/mol. The lowest BCUT2D eigenvalue weighted by Gasteiger charge is -2.34. The number of benzene rings is 1. The van der Waals surface area contributed by atoms with Crippen molar-refractivity contribution < 1.29 is 29.0 Å². The van der Waals surface area contributed by atoms with Gasteiger partial charge in [0, 0.05) is 12.6 Å². The molecule has 2 atom stereocenters. The highest BCUT2D eigenvalue weighted by Gasteiger charge is 2.36. The van der Waals surface area contributed by atoms with E-state index in [1.54, 1.807) is 53.7 Å². The molecule has 10 heteroatoms. The first-order valence-electron chi connectivity index (χ1n) is 10.4. The van der Waals surface area contributed by atoms with E-state index in [2.05, 4.69) is 10.6 Å². The van der Waals surface area contributed by atoms with Crippen molar-refractivity contribution in [1.82, 2.24) is 15.5 Å². The Kier molecular flexibility index (Phi) is 9.49. The normalized spacial score (nSPS) is 13.1. The van der Waals surface area contributed by atoms with Gasteiger partial charge in [0.2, 0.25) is 17.7 Å². The maximum atomic E-state index is 13.4. The van der Waals surface area contributed by atoms with Crippen LogP contribution < -0.4 is 16.4 Å². The van der Waals surface area contributed by atoms with E-state index >= 15 is 0 Å². The Labute approximate surface area is 188 Å². The molecule has 0 aromatic heterocycles. The molecule has 1 rings (SSSR count). The van der Waals surface area contributed by atoms with E-state index in [-0.39, 0.29) is 18.3 Å². The first kappa shape index (κ1) is 26.7. The van der Waals surface area contributed by atoms with Crippen LogP contribution in [0.3, 0.4) is 0 Å². The van der Waals surface area contributed by atoms with Gasteiger partial charge in [-0.1, -0.05) is 12.1 Å². The average Bonchev–Trinajstić information content (AvgIpc) is 2.62. The second-order valence-electron chi connectivity index (χ2n) is 8.65. The van der Waals surface area contributed by atoms with E-state index in [4.69, 9.17) is 10.5 Å². The third-order valence-corrected chi connectivity index (χ3v) is 4.20. The van der Waals surface area contributed by atoms with Crippen molar-refractivity contribution in [3.05, 3.63) is 29.8 Å². The van der Waals surface area contributed by atoms with Crippen LogP contribution in [0.5, 0.6) is 5.75 Å². The van der Waals surface area contributed by atoms with Gasteiger partial charge in [0.25, 0.3) is 0 Å². The Balaban J connectivity index is 3.34. The van der Waals surface area contributed by atoms with Crippen LogP contribution in [0.25, 0.3) is 0 Å². The molecule has 0 aliphatic rings. The monoisotopic (exact) mass is 450 g/mol. The molecule has 0 aliphatic heterocycles. The molecule has 1 aromatic rings. The molecule has 178 valence electrons. The van der Waals surface area contributed by atoms with Crippen LogP contribution in [0.15, 0.2) is 24.3 Å². The number of phenols is 1. The zero-order chi connectivity index (χ0) is 24.6. The maximum absolute atomic E-state index is 13.4. The number of carbonyl (C=O) groups is 4. The molecule has 32 heavy (non-hydrogen) atoms. The van der Waals surface area contributed by atoms with Crippen molar-refractivity contribution in [3.8, 4) is 5.75 Å². The summed E-state index contributed by atoms with van der Waals surface area (Å²) in [5.74, 6) is -2.05. The van der Waals surface area contributed by atoms with E-state index in [0.717, 1.165) is 0 Å². The molecule has 10 nitrogen and oxygen atoms in total. The van der Waals surface area contributed by atoms with Crippen molar-refractivity contribution in [2.45, 2.75) is 71.7 Å². The Morgan fingerprint density at radius 2 is 1.78 bits per heavy atom. The maximum Gasteiger partial charge on any atom is 0.408 e. The van der Waals surface area contributed by atoms with Crippen LogP contribution in [-0.2, 0) is 19.1 Å². The highest BCUT2D eigenvalue weighted by atomic mass is 16.6. The molecule has 0 fully saturated rings. The number of rotatable bonds is 9. The Morgan fingerprint density at radius 3 is 2.25 bits per heavy atom. The Hall–Kier alpha value is -3.30. The quantitative estimate of drug-likeness (QED) is 0.448. The topological polar surface area (TPSA) is 151 Å². The lowest BCUT2D eigenvalue weighted by molar-refractivity contribution is -0.143. The minimum Gasteiger partial charge on any atom is -0.508 e. The van der Waals surface area contributed by atoms with Crippen LogP contribution in [0.1, 0.15) is 59.6 Å². The number of hydrogen-bond acceptors (Lipinski definition) is 6. The molecule has 0 saturated carbocycles. The first-order chi connectivity index (χ1) is 14.7. The van der Waals surface area contributed by atoms with Crippen molar-refractivity contribution in [2.24, 2.45) is 5.73 Å². The number of phenolic OH excluding ortho intramolecular Hbond substituents is 1. The molecule has 5 N–H and O–H groups in total. The summed E-state index contributed by atoms with van der Waals surface area (Å²) in [6, 6.07) is 3.32. The number of carbonyl (C=O) groups excluding carboxylic acids is 4. The van der Waals surface area contributed by atoms with Crippen molar-refractivity contribution in [1.29, 1.82) is 0 Å². The average molecular weight is 451 g/mol. The smallest absolute Gasteiger partial charge is 0.408 e. The third-order valence-electron chi connectivity index (χ3n) is 4.20. The zero-order valence-electron chi connectivity index (χ0n) is 19.5. The molecular formula is C22H34N4O6. The molecule has 0 spiro atoms. The summed E-state index contributed by atoms with van der Waals surface area (Å²) in [7, 11) is 0. The molecule has 2 unspecified atom stereocenters. The number of nitrogens with one attached hydrogen (secondary N) is 2. The first-order valence-corrected chi connectivity index (χ1v) is 10.4. The summed E-state index contributed by atoms with van der Waals surface area (Å²) in [4.78, 5) is 51.5. The van der Waals surface area contributed by atoms with Gasteiger partial charge in [-0.25, -0.2) is 4.79 Å². The highest BCUT2D eigenvalue weighted by Crippen LogP contribution is 2.25. The van der Waals surface area contributed by atoms with Gasteiger partial charge in [-0.15, -0.1) is 0 Å². The fourth-order valence-electron chi connectivity index (χ4n) is 3.05. The Morgan fingerprint density at radius 1 is 1.16 bits per heavy atom. The number of primary amides is 1. The van der Waals surface area contributed by atoms with Crippen LogP contribution in [0.4, 0.5) is 4.79 Å². The molecule has 4 amide bonds. The lowest BCUT2D eigenvalue weighted by atomic mass is 10.0. The summed E-state index contributed by atoms with van der Waals surface area (Å²) in [5, 5.41) is 15.1. The van der Waals surface area contributed by atoms with E-state index in [1.165, 1.54) is 17.0 Å². The van der Waals surface area contributed by atoms with E-state index < -0.39 is 47.9 Å². The number of nitrogens with zero attached hydrogens (tertiary/aromatic N) is 1. The van der Waals surface area contributed by atoms with Crippen LogP contribution in [0.2, 0.25) is 0 Å². The summed E-state index contributed by atoms with van der Waals surface area (Å²) in [6.07, 6.45) is -1.37. The number of aromatic hydroxyl groups is 1. The molecule has 0 heterocycles. The van der Waals surface area contributed by atoms with Gasteiger partial charge in [0.15, 0.2) is 0 Å². The van der Waals surface area contributed by atoms with Crippen molar-refractivity contribution in [3.63, 3.8) is 0 Å². The van der Waals surface area contributed by atoms with Gasteiger partial charge in [-0.05, 0) is 59.2 Å². The van der Waals surface area contributed by atoms with Crippen LogP contribution >= 0.6 is 0 Å². The largest absolute Gasteiger partial charge is 0.508 e. The minimum absolute atomic E-state index is 0.0751. The third kappa shape index (κ3) is 8.44. The van der Waals surface area contributed by atoms with Crippen molar-refractivity contribution in [2.75, 3.05) is 6.54 Å². The lowest BCUT2D eigenvalue weighted by Crippen LogP contribution is -2.54. The van der Waals surface area contributed by atoms with E-state index in [1.807, 2.05) is 0 Å². The molecule has 0 bridgehead atoms. The van der Waals surface area contributed by atoms with Crippen LogP contribution in [-0.4, -0.2) is 58.1 Å². The second-order valence-corrected chi connectivity index (χ2v) is 8.65. The van der Waals surface area contributed by atoms with Gasteiger partial charge in [-0.3, -0.25) is 14.4 Å². The number of likely N-dealkylation sites (N-methyl/N-ethyl adjacent to an activating group) is 1. The molecule has 0 aliphatic carbocycles. The molecule has 0 radical (unpaired) electrons. The number of nitrogens with two attached hydrogens (primary N) is 1. The summed E-state index contributed by atoms with van der Waals surface area (Å²) in [5.41, 5.74) is 4.84. The minimum atomic E-state index is -1.34. The second kappa shape index (κ2) is 11.4. The SMILES string of the molecule is CCN(C(=O)C(CC(N)=O)NC(=O)OC(C)(C)C)C(C(=O)NC(C)C)c1cccc(O)c1. The summed E-state index contributed by atoms with van der Waals surface area (Å²) >= 11 is 0. The van der Waals surface area contributed by atoms with Crippen LogP contribution in [0, 0.1) is 0 Å². The van der Waals surface area contributed by atoms with E-state index in [0.29, 0.717) is 5.56 Å². The zero-order valence-corrected chi connectivity index (χ0v) is 19.5. The predicted molar refractivity (Wildman–Crippen MR) is 118 cm³/mol. The highest BCUT2D eigenvalue weighted by molar-refractivity contribution is 5.94. The van der Waals surface area contributed by atoms with Gasteiger partial charge < -0.3 is 31.1 Å². The standard InChI is InChI=1S/C22H34N4O6/c1-7-26(18(19(29)24-13(2)3)14-9-8-10-15(27)11-14)20(30)16(12-17(23)28)25-21(31)32-22(4,5)6/h8-11,13,16,18,27H,7,12H2,1-6H3,(H2,23,28)(H,24,29)(H,25,31). The number of amides is 4. The van der Waals surface area contributed by atoms with Crippen molar-refractivity contribution >= 4 is 23.8 Å². The van der Waals surface area contributed by atoms with Gasteiger partial charge >= 0.3 is 6.09 Å². The summed E-state index contributed by atoms with van der Waals surface area (Å²) in [6.45, 7) is 10.3. The number of hydrogen-bond donors (Lipinski definition) is 4. The number of ether oxygens (including phenoxy) is 1. The van der Waals surface area contributed by atoms with E-state index in [9.17, 15) is 24.3 Å².